The molecule has 1 aromatic rings. The Morgan fingerprint density at radius 2 is 2.19 bits per heavy atom. The number of hydrogen-bond donors (Lipinski definition) is 1. The first-order chi connectivity index (χ1) is 7.81. The lowest BCUT2D eigenvalue weighted by molar-refractivity contribution is 0.442. The Morgan fingerprint density at radius 1 is 1.44 bits per heavy atom. The summed E-state index contributed by atoms with van der Waals surface area (Å²) in [5, 5.41) is 12.1. The maximum atomic E-state index is 8.70. The Morgan fingerprint density at radius 3 is 2.75 bits per heavy atom. The molecule has 0 amide bonds. The molecule has 2 rings (SSSR count). The second-order valence-electron chi connectivity index (χ2n) is 4.11. The van der Waals surface area contributed by atoms with E-state index in [4.69, 9.17) is 5.26 Å². The van der Waals surface area contributed by atoms with E-state index in [0.717, 1.165) is 31.7 Å². The number of nitrogens with one attached hydrogen (secondary N) is 1. The van der Waals surface area contributed by atoms with Gasteiger partial charge in [0.05, 0.1) is 5.56 Å². The summed E-state index contributed by atoms with van der Waals surface area (Å²) in [4.78, 5) is 6.52. The molecule has 1 N–H and O–H groups in total. The van der Waals surface area contributed by atoms with Crippen LogP contribution in [0.3, 0.4) is 0 Å². The van der Waals surface area contributed by atoms with E-state index in [1.54, 1.807) is 6.20 Å². The summed E-state index contributed by atoms with van der Waals surface area (Å²) < 4.78 is 0. The highest BCUT2D eigenvalue weighted by Gasteiger charge is 2.18. The Bertz CT molecular complexity index is 373. The molecule has 16 heavy (non-hydrogen) atoms. The molecule has 4 nitrogen and oxygen atoms in total. The van der Waals surface area contributed by atoms with E-state index in [9.17, 15) is 0 Å². The molecule has 1 aliphatic rings. The Labute approximate surface area is 95.9 Å². The van der Waals surface area contributed by atoms with Gasteiger partial charge >= 0.3 is 0 Å². The van der Waals surface area contributed by atoms with Gasteiger partial charge in [-0.1, -0.05) is 0 Å². The largest absolute Gasteiger partial charge is 0.357 e. The van der Waals surface area contributed by atoms with Crippen LogP contribution in [0.2, 0.25) is 0 Å². The summed E-state index contributed by atoms with van der Waals surface area (Å²) in [5.41, 5.74) is 0.613. The average molecular weight is 216 g/mol. The van der Waals surface area contributed by atoms with Gasteiger partial charge in [0, 0.05) is 19.3 Å². The fraction of sp³-hybridized carbons (Fsp3) is 0.500. The van der Waals surface area contributed by atoms with Crippen molar-refractivity contribution in [1.82, 2.24) is 10.3 Å². The monoisotopic (exact) mass is 216 g/mol. The van der Waals surface area contributed by atoms with Gasteiger partial charge in [0.2, 0.25) is 0 Å². The van der Waals surface area contributed by atoms with Crippen LogP contribution in [0.1, 0.15) is 18.4 Å². The normalized spacial score (nSPS) is 16.8. The molecule has 0 aromatic carbocycles. The second-order valence-corrected chi connectivity index (χ2v) is 4.11. The van der Waals surface area contributed by atoms with Crippen molar-refractivity contribution in [2.24, 2.45) is 0 Å². The van der Waals surface area contributed by atoms with Crippen molar-refractivity contribution in [3.63, 3.8) is 0 Å². The van der Waals surface area contributed by atoms with Gasteiger partial charge in [0.1, 0.15) is 11.9 Å². The number of piperidine rings is 1. The van der Waals surface area contributed by atoms with E-state index in [1.165, 1.54) is 0 Å². The van der Waals surface area contributed by atoms with Gasteiger partial charge < -0.3 is 10.2 Å². The molecule has 1 aromatic heterocycles. The quantitative estimate of drug-likeness (QED) is 0.805. The lowest BCUT2D eigenvalue weighted by atomic mass is 10.1. The number of nitriles is 1. The summed E-state index contributed by atoms with van der Waals surface area (Å²) in [6, 6.07) is 6.38. The predicted octanol–water partition coefficient (Wildman–Crippen LogP) is 1.14. The summed E-state index contributed by atoms with van der Waals surface area (Å²) in [6.45, 7) is 2.15. The lowest BCUT2D eigenvalue weighted by Gasteiger charge is -2.32. The summed E-state index contributed by atoms with van der Waals surface area (Å²) in [7, 11) is 2.07. The Hall–Kier alpha value is -1.60. The van der Waals surface area contributed by atoms with Crippen LogP contribution < -0.4 is 10.2 Å². The van der Waals surface area contributed by atoms with Crippen LogP contribution in [0, 0.1) is 11.3 Å². The third-order valence-corrected chi connectivity index (χ3v) is 3.09. The van der Waals surface area contributed by atoms with Crippen molar-refractivity contribution in [2.45, 2.75) is 18.9 Å². The molecule has 4 heteroatoms. The molecule has 0 saturated carbocycles. The maximum Gasteiger partial charge on any atom is 0.128 e. The van der Waals surface area contributed by atoms with Crippen molar-refractivity contribution in [2.75, 3.05) is 25.0 Å². The number of pyridine rings is 1. The van der Waals surface area contributed by atoms with Gasteiger partial charge in [-0.2, -0.15) is 5.26 Å². The van der Waals surface area contributed by atoms with Crippen molar-refractivity contribution in [3.8, 4) is 6.07 Å². The highest BCUT2D eigenvalue weighted by Crippen LogP contribution is 2.17. The standard InChI is InChI=1S/C12H16N4/c1-16(11-4-6-14-7-5-11)12-3-2-10(8-13)9-15-12/h2-3,9,11,14H,4-7H2,1H3. The van der Waals surface area contributed by atoms with Crippen molar-refractivity contribution < 1.29 is 0 Å². The third kappa shape index (κ3) is 2.31. The SMILES string of the molecule is CN(c1ccc(C#N)cn1)C1CCNCC1. The molecule has 0 atom stereocenters. The van der Waals surface area contributed by atoms with Gasteiger partial charge in [0.25, 0.3) is 0 Å². The van der Waals surface area contributed by atoms with Crippen molar-refractivity contribution in [1.29, 1.82) is 5.26 Å². The molecule has 1 fully saturated rings. The van der Waals surface area contributed by atoms with Crippen molar-refractivity contribution >= 4 is 5.82 Å². The second kappa shape index (κ2) is 4.95. The van der Waals surface area contributed by atoms with Crippen LogP contribution in [0.5, 0.6) is 0 Å². The highest BCUT2D eigenvalue weighted by atomic mass is 15.2. The van der Waals surface area contributed by atoms with Crippen LogP contribution in [-0.4, -0.2) is 31.2 Å². The van der Waals surface area contributed by atoms with Gasteiger partial charge in [-0.25, -0.2) is 4.98 Å². The smallest absolute Gasteiger partial charge is 0.128 e. The average Bonchev–Trinajstić information content (AvgIpc) is 2.39. The van der Waals surface area contributed by atoms with E-state index in [0.29, 0.717) is 11.6 Å². The minimum atomic E-state index is 0.557. The van der Waals surface area contributed by atoms with Crippen LogP contribution in [0.25, 0.3) is 0 Å². The number of aromatic nitrogens is 1. The maximum absolute atomic E-state index is 8.70. The van der Waals surface area contributed by atoms with E-state index in [2.05, 4.69) is 28.3 Å². The third-order valence-electron chi connectivity index (χ3n) is 3.09. The summed E-state index contributed by atoms with van der Waals surface area (Å²) in [5.74, 6) is 0.950. The molecular formula is C12H16N4. The Balaban J connectivity index is 2.07. The summed E-state index contributed by atoms with van der Waals surface area (Å²) >= 11 is 0. The van der Waals surface area contributed by atoms with Crippen LogP contribution in [0.4, 0.5) is 5.82 Å². The molecule has 0 bridgehead atoms. The summed E-state index contributed by atoms with van der Waals surface area (Å²) in [6.07, 6.45) is 3.93. The van der Waals surface area contributed by atoms with Crippen LogP contribution in [-0.2, 0) is 0 Å². The molecule has 1 aliphatic heterocycles. The molecule has 0 aliphatic carbocycles. The van der Waals surface area contributed by atoms with E-state index in [1.807, 2.05) is 12.1 Å². The lowest BCUT2D eigenvalue weighted by Crippen LogP contribution is -2.41. The van der Waals surface area contributed by atoms with Gasteiger partial charge in [-0.05, 0) is 38.1 Å². The first-order valence-corrected chi connectivity index (χ1v) is 5.61. The highest BCUT2D eigenvalue weighted by molar-refractivity contribution is 5.42. The van der Waals surface area contributed by atoms with Crippen molar-refractivity contribution in [3.05, 3.63) is 23.9 Å². The number of rotatable bonds is 2. The van der Waals surface area contributed by atoms with Crippen LogP contribution in [0.15, 0.2) is 18.3 Å². The minimum Gasteiger partial charge on any atom is -0.357 e. The van der Waals surface area contributed by atoms with E-state index < -0.39 is 0 Å². The number of hydrogen-bond acceptors (Lipinski definition) is 4. The minimum absolute atomic E-state index is 0.557. The van der Waals surface area contributed by atoms with Gasteiger partial charge in [0.15, 0.2) is 0 Å². The number of anilines is 1. The van der Waals surface area contributed by atoms with Gasteiger partial charge in [-0.15, -0.1) is 0 Å². The zero-order valence-electron chi connectivity index (χ0n) is 9.48. The predicted molar refractivity (Wildman–Crippen MR) is 63.2 cm³/mol. The number of nitrogens with zero attached hydrogens (tertiary/aromatic N) is 3. The fourth-order valence-corrected chi connectivity index (χ4v) is 2.04. The van der Waals surface area contributed by atoms with Gasteiger partial charge in [-0.3, -0.25) is 0 Å². The first kappa shape index (κ1) is 10.9. The Kier molecular flexibility index (Phi) is 3.37. The van der Waals surface area contributed by atoms with E-state index >= 15 is 0 Å². The fourth-order valence-electron chi connectivity index (χ4n) is 2.04. The molecular weight excluding hydrogens is 200 g/mol. The topological polar surface area (TPSA) is 52.0 Å². The van der Waals surface area contributed by atoms with E-state index in [-0.39, 0.29) is 0 Å². The molecule has 84 valence electrons. The first-order valence-electron chi connectivity index (χ1n) is 5.61. The molecule has 0 spiro atoms. The molecule has 0 unspecified atom stereocenters. The molecule has 0 radical (unpaired) electrons. The zero-order chi connectivity index (χ0) is 11.4. The van der Waals surface area contributed by atoms with Crippen LogP contribution >= 0.6 is 0 Å². The zero-order valence-corrected chi connectivity index (χ0v) is 9.48. The molecule has 2 heterocycles. The molecule has 1 saturated heterocycles.